The Hall–Kier alpha value is -1.07. The summed E-state index contributed by atoms with van der Waals surface area (Å²) in [6.45, 7) is 2.15. The first kappa shape index (κ1) is 15.0. The van der Waals surface area contributed by atoms with E-state index >= 15 is 0 Å². The minimum atomic E-state index is -0.587. The number of benzene rings is 1. The van der Waals surface area contributed by atoms with Crippen molar-refractivity contribution in [3.05, 3.63) is 28.2 Å². The quantitative estimate of drug-likeness (QED) is 0.793. The summed E-state index contributed by atoms with van der Waals surface area (Å²) in [4.78, 5) is 11.0. The summed E-state index contributed by atoms with van der Waals surface area (Å²) in [5.74, 6) is 0.662. The van der Waals surface area contributed by atoms with Crippen molar-refractivity contribution in [1.82, 2.24) is 5.32 Å². The molecule has 0 spiro atoms. The van der Waals surface area contributed by atoms with Gasteiger partial charge in [0, 0.05) is 23.5 Å². The molecule has 1 atom stereocenters. The molecule has 2 N–H and O–H groups in total. The van der Waals surface area contributed by atoms with Gasteiger partial charge in [0.05, 0.1) is 12.7 Å². The summed E-state index contributed by atoms with van der Waals surface area (Å²) in [7, 11) is 1.61. The lowest BCUT2D eigenvalue weighted by atomic mass is 10.1. The molecule has 1 aromatic carbocycles. The van der Waals surface area contributed by atoms with E-state index in [0.717, 1.165) is 10.0 Å². The molecule has 100 valence electrons. The number of rotatable bonds is 6. The summed E-state index contributed by atoms with van der Waals surface area (Å²) in [5.41, 5.74) is 0.740. The van der Waals surface area contributed by atoms with Crippen LogP contribution in [0.15, 0.2) is 22.7 Å². The van der Waals surface area contributed by atoms with E-state index in [0.29, 0.717) is 25.2 Å². The smallest absolute Gasteiger partial charge is 0.219 e. The molecule has 18 heavy (non-hydrogen) atoms. The van der Waals surface area contributed by atoms with Crippen LogP contribution in [0.4, 0.5) is 0 Å². The van der Waals surface area contributed by atoms with Gasteiger partial charge < -0.3 is 15.2 Å². The second-order valence-corrected chi connectivity index (χ2v) is 4.90. The molecule has 0 bridgehead atoms. The zero-order valence-corrected chi connectivity index (χ0v) is 12.2. The van der Waals surface area contributed by atoms with Gasteiger partial charge in [0.2, 0.25) is 5.91 Å². The van der Waals surface area contributed by atoms with Crippen LogP contribution in [-0.4, -0.2) is 24.7 Å². The van der Waals surface area contributed by atoms with Gasteiger partial charge in [0.25, 0.3) is 0 Å². The molecule has 0 aromatic heterocycles. The number of carbonyl (C=O) groups is 1. The number of amides is 1. The highest BCUT2D eigenvalue weighted by Crippen LogP contribution is 2.28. The summed E-state index contributed by atoms with van der Waals surface area (Å²) in [5, 5.41) is 12.2. The zero-order chi connectivity index (χ0) is 13.5. The Morgan fingerprint density at radius 1 is 1.56 bits per heavy atom. The minimum absolute atomic E-state index is 0.00477. The van der Waals surface area contributed by atoms with Gasteiger partial charge in [-0.15, -0.1) is 0 Å². The van der Waals surface area contributed by atoms with E-state index in [2.05, 4.69) is 21.2 Å². The van der Waals surface area contributed by atoms with E-state index in [1.807, 2.05) is 18.2 Å². The van der Waals surface area contributed by atoms with Crippen molar-refractivity contribution >= 4 is 21.8 Å². The highest BCUT2D eigenvalue weighted by Gasteiger charge is 2.10. The molecule has 0 fully saturated rings. The maximum Gasteiger partial charge on any atom is 0.219 e. The first-order valence-electron chi connectivity index (χ1n) is 5.85. The molecule has 1 rings (SSSR count). The minimum Gasteiger partial charge on any atom is -0.493 e. The molecule has 1 amide bonds. The zero-order valence-electron chi connectivity index (χ0n) is 10.6. The Morgan fingerprint density at radius 3 is 2.89 bits per heavy atom. The van der Waals surface area contributed by atoms with Gasteiger partial charge in [0.1, 0.15) is 5.75 Å². The molecule has 0 heterocycles. The number of carbonyl (C=O) groups excluding carboxylic acids is 1. The van der Waals surface area contributed by atoms with Crippen molar-refractivity contribution < 1.29 is 14.6 Å². The van der Waals surface area contributed by atoms with Gasteiger partial charge in [-0.2, -0.15) is 0 Å². The Labute approximate surface area is 115 Å². The van der Waals surface area contributed by atoms with Crippen LogP contribution in [0.1, 0.15) is 31.4 Å². The topological polar surface area (TPSA) is 58.6 Å². The molecule has 0 unspecified atom stereocenters. The van der Waals surface area contributed by atoms with E-state index in [9.17, 15) is 9.90 Å². The van der Waals surface area contributed by atoms with Crippen molar-refractivity contribution in [2.24, 2.45) is 0 Å². The third kappa shape index (κ3) is 4.66. The van der Waals surface area contributed by atoms with E-state index in [1.54, 1.807) is 14.0 Å². The third-order valence-corrected chi connectivity index (χ3v) is 3.00. The lowest BCUT2D eigenvalue weighted by molar-refractivity contribution is -0.120. The van der Waals surface area contributed by atoms with Gasteiger partial charge in [-0.1, -0.05) is 15.9 Å². The normalized spacial score (nSPS) is 12.0. The molecule has 1 aromatic rings. The van der Waals surface area contributed by atoms with Crippen molar-refractivity contribution in [3.63, 3.8) is 0 Å². The van der Waals surface area contributed by atoms with E-state index in [1.165, 1.54) is 0 Å². The van der Waals surface area contributed by atoms with Gasteiger partial charge in [0.15, 0.2) is 0 Å². The van der Waals surface area contributed by atoms with Crippen molar-refractivity contribution in [2.45, 2.75) is 25.9 Å². The number of hydrogen-bond donors (Lipinski definition) is 2. The molecular formula is C13H18BrNO3. The predicted molar refractivity (Wildman–Crippen MR) is 73.6 cm³/mol. The fraction of sp³-hybridized carbons (Fsp3) is 0.462. The number of aliphatic hydroxyl groups excluding tert-OH is 1. The van der Waals surface area contributed by atoms with Crippen molar-refractivity contribution in [1.29, 1.82) is 0 Å². The van der Waals surface area contributed by atoms with Crippen LogP contribution in [-0.2, 0) is 4.79 Å². The van der Waals surface area contributed by atoms with Crippen LogP contribution < -0.4 is 10.1 Å². The standard InChI is InChI=1S/C13H18BrNO3/c1-9(16)11-8-10(14)5-6-12(11)18-7-3-4-13(17)15-2/h5-6,8-9,16H,3-4,7H2,1-2H3,(H,15,17)/t9-/m0/s1. The maximum absolute atomic E-state index is 11.0. The summed E-state index contributed by atoms with van der Waals surface area (Å²) >= 11 is 3.36. The fourth-order valence-electron chi connectivity index (χ4n) is 1.52. The highest BCUT2D eigenvalue weighted by atomic mass is 79.9. The molecule has 0 aliphatic carbocycles. The van der Waals surface area contributed by atoms with Crippen molar-refractivity contribution in [3.8, 4) is 5.75 Å². The first-order valence-corrected chi connectivity index (χ1v) is 6.64. The van der Waals surface area contributed by atoms with Crippen LogP contribution >= 0.6 is 15.9 Å². The average Bonchev–Trinajstić information content (AvgIpc) is 2.35. The third-order valence-electron chi connectivity index (χ3n) is 2.51. The van der Waals surface area contributed by atoms with Crippen LogP contribution in [0.25, 0.3) is 0 Å². The highest BCUT2D eigenvalue weighted by molar-refractivity contribution is 9.10. The Morgan fingerprint density at radius 2 is 2.28 bits per heavy atom. The number of hydrogen-bond acceptors (Lipinski definition) is 3. The Balaban J connectivity index is 2.54. The van der Waals surface area contributed by atoms with Gasteiger partial charge in [-0.3, -0.25) is 4.79 Å². The molecule has 4 nitrogen and oxygen atoms in total. The van der Waals surface area contributed by atoms with Crippen LogP contribution in [0.3, 0.4) is 0 Å². The SMILES string of the molecule is CNC(=O)CCCOc1ccc(Br)cc1[C@H](C)O. The summed E-state index contributed by atoms with van der Waals surface area (Å²) in [6, 6.07) is 5.50. The molecule has 5 heteroatoms. The molecule has 0 radical (unpaired) electrons. The largest absolute Gasteiger partial charge is 0.493 e. The molecule has 0 saturated carbocycles. The van der Waals surface area contributed by atoms with E-state index in [-0.39, 0.29) is 5.91 Å². The predicted octanol–water partition coefficient (Wildman–Crippen LogP) is 2.41. The maximum atomic E-state index is 11.0. The Kier molecular flexibility index (Phi) is 6.15. The van der Waals surface area contributed by atoms with E-state index < -0.39 is 6.10 Å². The monoisotopic (exact) mass is 315 g/mol. The molecule has 0 aliphatic rings. The summed E-state index contributed by atoms with van der Waals surface area (Å²) < 4.78 is 6.49. The second kappa shape index (κ2) is 7.38. The van der Waals surface area contributed by atoms with Gasteiger partial charge >= 0.3 is 0 Å². The number of aliphatic hydroxyl groups is 1. The van der Waals surface area contributed by atoms with Crippen molar-refractivity contribution in [2.75, 3.05) is 13.7 Å². The molecule has 0 saturated heterocycles. The van der Waals surface area contributed by atoms with Crippen LogP contribution in [0.2, 0.25) is 0 Å². The van der Waals surface area contributed by atoms with Crippen LogP contribution in [0.5, 0.6) is 5.75 Å². The second-order valence-electron chi connectivity index (χ2n) is 3.98. The number of nitrogens with one attached hydrogen (secondary N) is 1. The summed E-state index contributed by atoms with van der Waals surface area (Å²) in [6.07, 6.45) is 0.503. The van der Waals surface area contributed by atoms with Gasteiger partial charge in [-0.25, -0.2) is 0 Å². The van der Waals surface area contributed by atoms with E-state index in [4.69, 9.17) is 4.74 Å². The Bertz CT molecular complexity index is 407. The fourth-order valence-corrected chi connectivity index (χ4v) is 1.90. The molecule has 0 aliphatic heterocycles. The number of ether oxygens (including phenoxy) is 1. The van der Waals surface area contributed by atoms with Crippen LogP contribution in [0, 0.1) is 0 Å². The lowest BCUT2D eigenvalue weighted by Gasteiger charge is -2.13. The molecular weight excluding hydrogens is 298 g/mol. The lowest BCUT2D eigenvalue weighted by Crippen LogP contribution is -2.18. The van der Waals surface area contributed by atoms with Gasteiger partial charge in [-0.05, 0) is 31.5 Å². The average molecular weight is 316 g/mol. The first-order chi connectivity index (χ1) is 8.54. The number of halogens is 1.